The number of carbonyl (C=O) groups excluding carboxylic acids is 1. The minimum Gasteiger partial charge on any atom is -0.488 e. The van der Waals surface area contributed by atoms with Gasteiger partial charge in [-0.15, -0.1) is 11.3 Å². The van der Waals surface area contributed by atoms with E-state index in [1.165, 1.54) is 22.5 Å². The predicted molar refractivity (Wildman–Crippen MR) is 129 cm³/mol. The first-order chi connectivity index (χ1) is 16.0. The van der Waals surface area contributed by atoms with Crippen LogP contribution in [-0.4, -0.2) is 39.5 Å². The smallest absolute Gasteiger partial charge is 0.254 e. The Kier molecular flexibility index (Phi) is 7.91. The van der Waals surface area contributed by atoms with E-state index in [0.717, 1.165) is 43.8 Å². The number of ether oxygens (including phenoxy) is 1. The predicted octanol–water partition coefficient (Wildman–Crippen LogP) is 3.23. The fourth-order valence-corrected chi connectivity index (χ4v) is 4.58. The highest BCUT2D eigenvalue weighted by Crippen LogP contribution is 2.16. The Bertz CT molecular complexity index is 1090. The third-order valence-electron chi connectivity index (χ3n) is 5.90. The number of hydrogen-bond acceptors (Lipinski definition) is 6. The number of nitrogens with one attached hydrogen (secondary N) is 1. The van der Waals surface area contributed by atoms with E-state index >= 15 is 0 Å². The Morgan fingerprint density at radius 2 is 1.94 bits per heavy atom. The molecule has 8 heteroatoms. The van der Waals surface area contributed by atoms with Crippen molar-refractivity contribution in [3.8, 4) is 5.75 Å². The molecule has 0 spiro atoms. The quantitative estimate of drug-likeness (QED) is 0.524. The van der Waals surface area contributed by atoms with Crippen molar-refractivity contribution in [1.29, 1.82) is 0 Å². The molecule has 1 fully saturated rings. The highest BCUT2D eigenvalue weighted by Gasteiger charge is 2.19. The second-order valence-corrected chi connectivity index (χ2v) is 9.44. The molecular weight excluding hydrogens is 436 g/mol. The minimum atomic E-state index is -0.0592. The third kappa shape index (κ3) is 7.00. The topological polar surface area (TPSA) is 76.5 Å². The Morgan fingerprint density at radius 1 is 1.18 bits per heavy atom. The molecule has 33 heavy (non-hydrogen) atoms. The van der Waals surface area contributed by atoms with E-state index in [9.17, 15) is 9.59 Å². The summed E-state index contributed by atoms with van der Waals surface area (Å²) in [5, 5.41) is 3.02. The average molecular weight is 467 g/mol. The molecule has 0 aliphatic carbocycles. The van der Waals surface area contributed by atoms with E-state index in [-0.39, 0.29) is 11.5 Å². The van der Waals surface area contributed by atoms with Gasteiger partial charge < -0.3 is 14.6 Å². The molecule has 0 unspecified atom stereocenters. The fraction of sp³-hybridized carbons (Fsp3) is 0.400. The number of benzene rings is 1. The number of nitrogens with zero attached hydrogens (tertiary/aromatic N) is 3. The summed E-state index contributed by atoms with van der Waals surface area (Å²) in [7, 11) is 0. The lowest BCUT2D eigenvalue weighted by molar-refractivity contribution is -0.119. The minimum absolute atomic E-state index is 0.0579. The molecule has 2 aromatic heterocycles. The molecule has 0 atom stereocenters. The average Bonchev–Trinajstić information content (AvgIpc) is 3.33. The van der Waals surface area contributed by atoms with Crippen LogP contribution in [0.2, 0.25) is 0 Å². The fourth-order valence-electron chi connectivity index (χ4n) is 4.07. The van der Waals surface area contributed by atoms with Gasteiger partial charge in [0.2, 0.25) is 5.91 Å². The summed E-state index contributed by atoms with van der Waals surface area (Å²) in [6.07, 6.45) is 6.36. The van der Waals surface area contributed by atoms with Crippen LogP contribution in [0.15, 0.2) is 59.1 Å². The first-order valence-corrected chi connectivity index (χ1v) is 12.2. The van der Waals surface area contributed by atoms with Crippen LogP contribution in [0.1, 0.15) is 35.8 Å². The summed E-state index contributed by atoms with van der Waals surface area (Å²) in [6, 6.07) is 12.3. The van der Waals surface area contributed by atoms with Gasteiger partial charge in [0.15, 0.2) is 0 Å². The van der Waals surface area contributed by atoms with Crippen molar-refractivity contribution >= 4 is 17.2 Å². The first kappa shape index (κ1) is 23.2. The maximum atomic E-state index is 12.4. The van der Waals surface area contributed by atoms with Crippen LogP contribution in [0, 0.1) is 0 Å². The first-order valence-electron chi connectivity index (χ1n) is 11.3. The van der Waals surface area contributed by atoms with Crippen molar-refractivity contribution in [2.24, 2.45) is 0 Å². The van der Waals surface area contributed by atoms with Gasteiger partial charge in [-0.1, -0.05) is 24.3 Å². The molecule has 1 saturated heterocycles. The van der Waals surface area contributed by atoms with Gasteiger partial charge in [-0.05, 0) is 36.5 Å². The standard InChI is InChI=1S/C25H30N4O3S/c1-19(30)27-22-7-10-28(11-8-22)16-21-4-2-20(3-5-21)6-12-29-13-9-23(14-25(29)31)32-17-24-15-26-18-33-24/h2-5,9,13-15,18,22H,6-8,10-12,16-17H2,1H3,(H,27,30). The van der Waals surface area contributed by atoms with Gasteiger partial charge in [0.05, 0.1) is 10.4 Å². The molecular formula is C25H30N4O3S. The molecule has 3 aromatic rings. The summed E-state index contributed by atoms with van der Waals surface area (Å²) >= 11 is 1.53. The summed E-state index contributed by atoms with van der Waals surface area (Å²) in [5.41, 5.74) is 4.20. The molecule has 1 aromatic carbocycles. The molecule has 0 radical (unpaired) electrons. The van der Waals surface area contributed by atoms with Crippen molar-refractivity contribution in [2.75, 3.05) is 13.1 Å². The summed E-state index contributed by atoms with van der Waals surface area (Å²) in [4.78, 5) is 31.1. The van der Waals surface area contributed by atoms with Gasteiger partial charge in [-0.25, -0.2) is 0 Å². The molecule has 1 aliphatic heterocycles. The Balaban J connectivity index is 1.23. The largest absolute Gasteiger partial charge is 0.488 e. The van der Waals surface area contributed by atoms with Gasteiger partial charge >= 0.3 is 0 Å². The zero-order valence-corrected chi connectivity index (χ0v) is 19.7. The maximum absolute atomic E-state index is 12.4. The number of thiazole rings is 1. The highest BCUT2D eigenvalue weighted by molar-refractivity contribution is 7.09. The number of aromatic nitrogens is 2. The van der Waals surface area contributed by atoms with Crippen LogP contribution in [0.25, 0.3) is 0 Å². The van der Waals surface area contributed by atoms with E-state index in [1.807, 2.05) is 6.07 Å². The van der Waals surface area contributed by atoms with Crippen molar-refractivity contribution in [2.45, 2.75) is 51.9 Å². The van der Waals surface area contributed by atoms with Gasteiger partial charge in [0.25, 0.3) is 5.56 Å². The molecule has 174 valence electrons. The summed E-state index contributed by atoms with van der Waals surface area (Å²) < 4.78 is 7.40. The lowest BCUT2D eigenvalue weighted by Gasteiger charge is -2.32. The lowest BCUT2D eigenvalue weighted by atomic mass is 10.0. The third-order valence-corrected chi connectivity index (χ3v) is 6.65. The van der Waals surface area contributed by atoms with E-state index in [2.05, 4.69) is 39.5 Å². The van der Waals surface area contributed by atoms with Crippen molar-refractivity contribution < 1.29 is 9.53 Å². The highest BCUT2D eigenvalue weighted by atomic mass is 32.1. The number of carbonyl (C=O) groups is 1. The zero-order valence-electron chi connectivity index (χ0n) is 18.9. The molecule has 1 N–H and O–H groups in total. The molecule has 4 rings (SSSR count). The number of likely N-dealkylation sites (tertiary alicyclic amines) is 1. The van der Waals surface area contributed by atoms with Crippen molar-refractivity contribution in [3.63, 3.8) is 0 Å². The van der Waals surface area contributed by atoms with Gasteiger partial charge in [-0.2, -0.15) is 0 Å². The van der Waals surface area contributed by atoms with Crippen LogP contribution in [0.4, 0.5) is 0 Å². The second kappa shape index (κ2) is 11.2. The molecule has 3 heterocycles. The van der Waals surface area contributed by atoms with Crippen molar-refractivity contribution in [1.82, 2.24) is 19.8 Å². The summed E-state index contributed by atoms with van der Waals surface area (Å²) in [5.74, 6) is 0.637. The molecule has 1 amide bonds. The Hall–Kier alpha value is -2.97. The SMILES string of the molecule is CC(=O)NC1CCN(Cc2ccc(CCn3ccc(OCc4cncs4)cc3=O)cc2)CC1. The number of rotatable bonds is 9. The van der Waals surface area contributed by atoms with Gasteiger partial charge in [0.1, 0.15) is 12.4 Å². The molecule has 0 saturated carbocycles. The van der Waals surface area contributed by atoms with Crippen LogP contribution >= 0.6 is 11.3 Å². The number of pyridine rings is 1. The number of aryl methyl sites for hydroxylation is 2. The molecule has 1 aliphatic rings. The number of amides is 1. The number of hydrogen-bond donors (Lipinski definition) is 1. The van der Waals surface area contributed by atoms with E-state index in [1.54, 1.807) is 35.5 Å². The summed E-state index contributed by atoms with van der Waals surface area (Å²) in [6.45, 7) is 5.56. The van der Waals surface area contributed by atoms with E-state index in [0.29, 0.717) is 24.9 Å². The van der Waals surface area contributed by atoms with E-state index < -0.39 is 0 Å². The van der Waals surface area contributed by atoms with Gasteiger partial charge in [0, 0.05) is 57.6 Å². The monoisotopic (exact) mass is 466 g/mol. The van der Waals surface area contributed by atoms with Crippen LogP contribution in [0.5, 0.6) is 5.75 Å². The molecule has 0 bridgehead atoms. The lowest BCUT2D eigenvalue weighted by Crippen LogP contribution is -2.43. The van der Waals surface area contributed by atoms with Crippen LogP contribution in [-0.2, 0) is 30.9 Å². The second-order valence-electron chi connectivity index (χ2n) is 8.47. The van der Waals surface area contributed by atoms with E-state index in [4.69, 9.17) is 4.74 Å². The Morgan fingerprint density at radius 3 is 2.61 bits per heavy atom. The van der Waals surface area contributed by atoms with Crippen molar-refractivity contribution in [3.05, 3.63) is 80.7 Å². The Labute approximate surface area is 198 Å². The normalized spacial score (nSPS) is 14.8. The number of piperidine rings is 1. The van der Waals surface area contributed by atoms with Crippen LogP contribution in [0.3, 0.4) is 0 Å². The zero-order chi connectivity index (χ0) is 23.0. The maximum Gasteiger partial charge on any atom is 0.254 e. The van der Waals surface area contributed by atoms with Crippen LogP contribution < -0.4 is 15.6 Å². The van der Waals surface area contributed by atoms with Gasteiger partial charge in [-0.3, -0.25) is 19.5 Å². The molecule has 7 nitrogen and oxygen atoms in total.